The van der Waals surface area contributed by atoms with Crippen molar-refractivity contribution in [1.82, 2.24) is 4.98 Å². The second kappa shape index (κ2) is 6.73. The van der Waals surface area contributed by atoms with Gasteiger partial charge in [-0.3, -0.25) is 0 Å². The first-order chi connectivity index (χ1) is 8.19. The molecule has 1 aromatic heterocycles. The SMILES string of the molecule is CCCCCOc1nc(C(=O)OC)ccc1N. The van der Waals surface area contributed by atoms with Gasteiger partial charge in [0.05, 0.1) is 19.4 Å². The maximum absolute atomic E-state index is 11.3. The number of nitrogen functional groups attached to an aromatic ring is 1. The standard InChI is InChI=1S/C12H18N2O3/c1-3-4-5-8-17-11-9(13)6-7-10(14-11)12(15)16-2/h6-7H,3-5,8,13H2,1-2H3. The van der Waals surface area contributed by atoms with Gasteiger partial charge in [0.25, 0.3) is 0 Å². The van der Waals surface area contributed by atoms with Crippen molar-refractivity contribution < 1.29 is 14.3 Å². The van der Waals surface area contributed by atoms with Crippen molar-refractivity contribution in [3.05, 3.63) is 17.8 Å². The van der Waals surface area contributed by atoms with Crippen LogP contribution in [-0.4, -0.2) is 24.7 Å². The number of unbranched alkanes of at least 4 members (excludes halogenated alkanes) is 2. The lowest BCUT2D eigenvalue weighted by Gasteiger charge is -2.08. The fraction of sp³-hybridized carbons (Fsp3) is 0.500. The number of nitrogens with two attached hydrogens (primary N) is 1. The van der Waals surface area contributed by atoms with Crippen LogP contribution in [0.15, 0.2) is 12.1 Å². The van der Waals surface area contributed by atoms with Gasteiger partial charge in [0.2, 0.25) is 5.88 Å². The summed E-state index contributed by atoms with van der Waals surface area (Å²) < 4.78 is 10.0. The van der Waals surface area contributed by atoms with Gasteiger partial charge in [-0.05, 0) is 18.6 Å². The molecular weight excluding hydrogens is 220 g/mol. The van der Waals surface area contributed by atoms with E-state index in [-0.39, 0.29) is 5.69 Å². The van der Waals surface area contributed by atoms with Crippen molar-refractivity contribution in [2.24, 2.45) is 0 Å². The number of ether oxygens (including phenoxy) is 2. The van der Waals surface area contributed by atoms with Crippen LogP contribution in [0.25, 0.3) is 0 Å². The van der Waals surface area contributed by atoms with E-state index >= 15 is 0 Å². The Balaban J connectivity index is 2.66. The summed E-state index contributed by atoms with van der Waals surface area (Å²) in [5.41, 5.74) is 6.33. The molecule has 0 radical (unpaired) electrons. The van der Waals surface area contributed by atoms with E-state index in [1.165, 1.54) is 13.2 Å². The molecule has 94 valence electrons. The molecule has 0 saturated carbocycles. The highest BCUT2D eigenvalue weighted by Gasteiger charge is 2.10. The van der Waals surface area contributed by atoms with Crippen LogP contribution in [0.4, 0.5) is 5.69 Å². The monoisotopic (exact) mass is 238 g/mol. The summed E-state index contributed by atoms with van der Waals surface area (Å²) in [6.07, 6.45) is 3.16. The van der Waals surface area contributed by atoms with Crippen molar-refractivity contribution in [3.8, 4) is 5.88 Å². The van der Waals surface area contributed by atoms with Crippen LogP contribution in [0.5, 0.6) is 5.88 Å². The zero-order valence-corrected chi connectivity index (χ0v) is 10.2. The third kappa shape index (κ3) is 3.94. The number of anilines is 1. The van der Waals surface area contributed by atoms with E-state index in [2.05, 4.69) is 16.6 Å². The number of methoxy groups -OCH3 is 1. The number of rotatable bonds is 6. The third-order valence-corrected chi connectivity index (χ3v) is 2.27. The molecule has 17 heavy (non-hydrogen) atoms. The van der Waals surface area contributed by atoms with Crippen LogP contribution < -0.4 is 10.5 Å². The zero-order valence-electron chi connectivity index (χ0n) is 10.2. The molecule has 0 aliphatic heterocycles. The van der Waals surface area contributed by atoms with E-state index in [9.17, 15) is 4.79 Å². The minimum absolute atomic E-state index is 0.201. The third-order valence-electron chi connectivity index (χ3n) is 2.27. The second-order valence-electron chi connectivity index (χ2n) is 3.64. The van der Waals surface area contributed by atoms with Gasteiger partial charge in [-0.1, -0.05) is 19.8 Å². The molecule has 5 nitrogen and oxygen atoms in total. The molecule has 0 spiro atoms. The normalized spacial score (nSPS) is 10.0. The van der Waals surface area contributed by atoms with Gasteiger partial charge in [-0.25, -0.2) is 9.78 Å². The summed E-state index contributed by atoms with van der Waals surface area (Å²) in [6, 6.07) is 3.11. The first-order valence-corrected chi connectivity index (χ1v) is 5.66. The van der Waals surface area contributed by atoms with Gasteiger partial charge >= 0.3 is 5.97 Å². The molecule has 0 atom stereocenters. The van der Waals surface area contributed by atoms with Gasteiger partial charge in [-0.2, -0.15) is 0 Å². The number of pyridine rings is 1. The highest BCUT2D eigenvalue weighted by Crippen LogP contribution is 2.19. The molecule has 0 aromatic carbocycles. The maximum Gasteiger partial charge on any atom is 0.356 e. The van der Waals surface area contributed by atoms with E-state index < -0.39 is 5.97 Å². The summed E-state index contributed by atoms with van der Waals surface area (Å²) in [6.45, 7) is 2.67. The van der Waals surface area contributed by atoms with Gasteiger partial charge in [-0.15, -0.1) is 0 Å². The van der Waals surface area contributed by atoms with Gasteiger partial charge in [0.1, 0.15) is 0 Å². The number of esters is 1. The number of carbonyl (C=O) groups is 1. The Hall–Kier alpha value is -1.78. The van der Waals surface area contributed by atoms with Crippen molar-refractivity contribution in [3.63, 3.8) is 0 Å². The summed E-state index contributed by atoms with van der Waals surface area (Å²) in [7, 11) is 1.31. The highest BCUT2D eigenvalue weighted by molar-refractivity contribution is 5.87. The number of hydrogen-bond donors (Lipinski definition) is 1. The number of carbonyl (C=O) groups excluding carboxylic acids is 1. The average Bonchev–Trinajstić information content (AvgIpc) is 2.35. The molecule has 5 heteroatoms. The van der Waals surface area contributed by atoms with Gasteiger partial charge in [0.15, 0.2) is 5.69 Å². The molecule has 0 aliphatic carbocycles. The Morgan fingerprint density at radius 2 is 2.18 bits per heavy atom. The lowest BCUT2D eigenvalue weighted by molar-refractivity contribution is 0.0593. The van der Waals surface area contributed by atoms with Crippen molar-refractivity contribution >= 4 is 11.7 Å². The van der Waals surface area contributed by atoms with Crippen LogP contribution in [0.3, 0.4) is 0 Å². The Morgan fingerprint density at radius 1 is 1.41 bits per heavy atom. The molecule has 1 aromatic rings. The lowest BCUT2D eigenvalue weighted by Crippen LogP contribution is -2.08. The summed E-state index contributed by atoms with van der Waals surface area (Å²) >= 11 is 0. The minimum atomic E-state index is -0.497. The molecule has 1 heterocycles. The number of aromatic nitrogens is 1. The first kappa shape index (κ1) is 13.3. The maximum atomic E-state index is 11.3. The molecule has 2 N–H and O–H groups in total. The molecular formula is C12H18N2O3. The summed E-state index contributed by atoms with van der Waals surface area (Å²) in [5.74, 6) is -0.201. The largest absolute Gasteiger partial charge is 0.476 e. The van der Waals surface area contributed by atoms with Crippen molar-refractivity contribution in [2.45, 2.75) is 26.2 Å². The Labute approximate surface area is 101 Å². The fourth-order valence-electron chi connectivity index (χ4n) is 1.31. The van der Waals surface area contributed by atoms with Crippen LogP contribution >= 0.6 is 0 Å². The highest BCUT2D eigenvalue weighted by atomic mass is 16.5. The van der Waals surface area contributed by atoms with E-state index in [0.29, 0.717) is 18.2 Å². The predicted molar refractivity (Wildman–Crippen MR) is 65.0 cm³/mol. The second-order valence-corrected chi connectivity index (χ2v) is 3.64. The van der Waals surface area contributed by atoms with Crippen LogP contribution in [0, 0.1) is 0 Å². The fourth-order valence-corrected chi connectivity index (χ4v) is 1.31. The minimum Gasteiger partial charge on any atom is -0.476 e. The van der Waals surface area contributed by atoms with E-state index in [4.69, 9.17) is 10.5 Å². The Morgan fingerprint density at radius 3 is 2.82 bits per heavy atom. The van der Waals surface area contributed by atoms with Crippen molar-refractivity contribution in [2.75, 3.05) is 19.5 Å². The van der Waals surface area contributed by atoms with E-state index in [1.54, 1.807) is 6.07 Å². The van der Waals surface area contributed by atoms with Gasteiger partial charge < -0.3 is 15.2 Å². The number of hydrogen-bond acceptors (Lipinski definition) is 5. The van der Waals surface area contributed by atoms with Crippen molar-refractivity contribution in [1.29, 1.82) is 0 Å². The molecule has 0 aliphatic rings. The quantitative estimate of drug-likeness (QED) is 0.606. The van der Waals surface area contributed by atoms with E-state index in [1.807, 2.05) is 0 Å². The molecule has 0 amide bonds. The average molecular weight is 238 g/mol. The molecule has 0 saturated heterocycles. The molecule has 0 unspecified atom stereocenters. The topological polar surface area (TPSA) is 74.4 Å². The Kier molecular flexibility index (Phi) is 5.26. The van der Waals surface area contributed by atoms with Crippen LogP contribution in [0.2, 0.25) is 0 Å². The first-order valence-electron chi connectivity index (χ1n) is 5.66. The smallest absolute Gasteiger partial charge is 0.356 e. The molecule has 0 fully saturated rings. The van der Waals surface area contributed by atoms with Crippen LogP contribution in [-0.2, 0) is 4.74 Å². The Bertz CT molecular complexity index is 380. The predicted octanol–water partition coefficient (Wildman–Crippen LogP) is 2.02. The van der Waals surface area contributed by atoms with Gasteiger partial charge in [0, 0.05) is 0 Å². The zero-order chi connectivity index (χ0) is 12.7. The lowest BCUT2D eigenvalue weighted by atomic mass is 10.3. The molecule has 0 bridgehead atoms. The summed E-state index contributed by atoms with van der Waals surface area (Å²) in [5, 5.41) is 0. The number of nitrogens with zero attached hydrogens (tertiary/aromatic N) is 1. The summed E-state index contributed by atoms with van der Waals surface area (Å²) in [4.78, 5) is 15.3. The van der Waals surface area contributed by atoms with Crippen LogP contribution in [0.1, 0.15) is 36.7 Å². The van der Waals surface area contributed by atoms with E-state index in [0.717, 1.165) is 19.3 Å². The molecule has 1 rings (SSSR count).